The Balaban J connectivity index is 0.921. The molecule has 1 aliphatic rings. The van der Waals surface area contributed by atoms with Crippen molar-refractivity contribution in [3.8, 4) is 44.8 Å². The van der Waals surface area contributed by atoms with Gasteiger partial charge in [-0.2, -0.15) is 0 Å². The van der Waals surface area contributed by atoms with Gasteiger partial charge in [-0.15, -0.1) is 0 Å². The third-order valence-corrected chi connectivity index (χ3v) is 15.3. The highest BCUT2D eigenvalue weighted by molar-refractivity contribution is 7.03. The molecule has 0 saturated heterocycles. The zero-order valence-corrected chi connectivity index (χ0v) is 30.7. The van der Waals surface area contributed by atoms with E-state index in [9.17, 15) is 0 Å². The number of fused-ring (bicyclic) bond motifs is 9. The van der Waals surface area contributed by atoms with Crippen LogP contribution in [0.25, 0.3) is 88.4 Å². The molecule has 0 bridgehead atoms. The van der Waals surface area contributed by atoms with E-state index in [0.29, 0.717) is 0 Å². The molecule has 1 aliphatic heterocycles. The molecule has 3 heterocycles. The maximum absolute atomic E-state index is 2.52. The van der Waals surface area contributed by atoms with Gasteiger partial charge in [-0.1, -0.05) is 147 Å². The Morgan fingerprint density at radius 2 is 0.623 bits per heavy atom. The average molecular weight is 693 g/mol. The van der Waals surface area contributed by atoms with Gasteiger partial charge < -0.3 is 9.13 Å². The lowest BCUT2D eigenvalue weighted by atomic mass is 9.98. The van der Waals surface area contributed by atoms with E-state index in [0.717, 1.165) is 0 Å². The number of aromatic nitrogens is 2. The number of para-hydroxylation sites is 4. The predicted molar refractivity (Wildman–Crippen MR) is 228 cm³/mol. The second-order valence-electron chi connectivity index (χ2n) is 15.0. The minimum Gasteiger partial charge on any atom is -0.309 e. The minimum absolute atomic E-state index is 1.19. The molecule has 0 unspecified atom stereocenters. The molecule has 10 aromatic rings. The molecule has 11 rings (SSSR count). The van der Waals surface area contributed by atoms with Gasteiger partial charge in [0.05, 0.1) is 22.1 Å². The molecule has 0 aliphatic carbocycles. The van der Waals surface area contributed by atoms with E-state index >= 15 is 0 Å². The van der Waals surface area contributed by atoms with Crippen LogP contribution in [0.1, 0.15) is 0 Å². The summed E-state index contributed by atoms with van der Waals surface area (Å²) in [7, 11) is -1.95. The minimum atomic E-state index is -1.95. The van der Waals surface area contributed by atoms with Crippen LogP contribution in [-0.2, 0) is 0 Å². The molecule has 250 valence electrons. The van der Waals surface area contributed by atoms with Gasteiger partial charge in [0, 0.05) is 32.9 Å². The zero-order chi connectivity index (χ0) is 35.3. The van der Waals surface area contributed by atoms with Crippen molar-refractivity contribution in [1.82, 2.24) is 9.13 Å². The Morgan fingerprint density at radius 1 is 0.321 bits per heavy atom. The van der Waals surface area contributed by atoms with E-state index in [-0.39, 0.29) is 0 Å². The Hall–Kier alpha value is -6.42. The van der Waals surface area contributed by atoms with Crippen LogP contribution in [0.15, 0.2) is 182 Å². The van der Waals surface area contributed by atoms with Crippen LogP contribution in [-0.4, -0.2) is 17.2 Å². The van der Waals surface area contributed by atoms with E-state index in [1.54, 1.807) is 0 Å². The Morgan fingerprint density at radius 3 is 0.962 bits per heavy atom. The summed E-state index contributed by atoms with van der Waals surface area (Å²) in [6, 6.07) is 67.4. The lowest BCUT2D eigenvalue weighted by molar-refractivity contribution is 1.18. The molecule has 0 amide bonds. The Bertz CT molecular complexity index is 2750. The van der Waals surface area contributed by atoms with Crippen molar-refractivity contribution in [1.29, 1.82) is 0 Å². The van der Waals surface area contributed by atoms with Crippen molar-refractivity contribution in [3.63, 3.8) is 0 Å². The number of nitrogens with zero attached hydrogens (tertiary/aromatic N) is 2. The first-order chi connectivity index (χ1) is 26.0. The Labute approximate surface area is 309 Å². The highest BCUT2D eigenvalue weighted by Crippen LogP contribution is 2.37. The molecule has 8 aromatic carbocycles. The van der Waals surface area contributed by atoms with Gasteiger partial charge in [-0.3, -0.25) is 0 Å². The molecule has 0 fully saturated rings. The summed E-state index contributed by atoms with van der Waals surface area (Å²) >= 11 is 0. The first kappa shape index (κ1) is 30.2. The van der Waals surface area contributed by atoms with E-state index in [4.69, 9.17) is 0 Å². The molecule has 2 aromatic heterocycles. The van der Waals surface area contributed by atoms with E-state index < -0.39 is 8.07 Å². The topological polar surface area (TPSA) is 9.86 Å². The molecular formula is C50H36N2Si. The van der Waals surface area contributed by atoms with Gasteiger partial charge in [-0.05, 0) is 92.3 Å². The van der Waals surface area contributed by atoms with Crippen LogP contribution in [0.4, 0.5) is 0 Å². The maximum Gasteiger partial charge on any atom is 0.113 e. The normalized spacial score (nSPS) is 13.2. The van der Waals surface area contributed by atoms with E-state index in [1.807, 2.05) is 0 Å². The van der Waals surface area contributed by atoms with Gasteiger partial charge >= 0.3 is 0 Å². The average Bonchev–Trinajstić information content (AvgIpc) is 3.81. The molecule has 0 saturated carbocycles. The second kappa shape index (κ2) is 11.3. The summed E-state index contributed by atoms with van der Waals surface area (Å²) in [6.45, 7) is 5.03. The quantitative estimate of drug-likeness (QED) is 0.163. The number of benzene rings is 8. The fourth-order valence-electron chi connectivity index (χ4n) is 9.10. The van der Waals surface area contributed by atoms with Gasteiger partial charge in [0.1, 0.15) is 8.07 Å². The molecule has 0 spiro atoms. The van der Waals surface area contributed by atoms with Crippen LogP contribution in [0, 0.1) is 0 Å². The van der Waals surface area contributed by atoms with E-state index in [2.05, 4.69) is 204 Å². The third kappa shape index (κ3) is 4.44. The first-order valence-electron chi connectivity index (χ1n) is 18.5. The SMILES string of the molecule is C[Si]1(C)c2cc(-c3ccc(-n4c5ccccc5c5ccccc54)cc3)ccc2-c2ccc(-c3ccc(-n4c5ccccc5c5ccccc54)cc3)cc21. The lowest BCUT2D eigenvalue weighted by Crippen LogP contribution is -2.49. The number of hydrogen-bond donors (Lipinski definition) is 0. The van der Waals surface area contributed by atoms with Gasteiger partial charge in [0.25, 0.3) is 0 Å². The van der Waals surface area contributed by atoms with Crippen LogP contribution in [0.3, 0.4) is 0 Å². The van der Waals surface area contributed by atoms with Crippen molar-refractivity contribution in [2.45, 2.75) is 13.1 Å². The van der Waals surface area contributed by atoms with Gasteiger partial charge in [-0.25, -0.2) is 0 Å². The summed E-state index contributed by atoms with van der Waals surface area (Å²) in [5.41, 5.74) is 15.2. The standard InChI is InChI=1S/C50H36N2Si/c1-53(2)49-31-35(33-19-25-37(26-20-33)51-45-15-7-3-11-39(45)40-12-4-8-16-46(40)51)23-29-43(49)44-30-24-36(32-50(44)53)34-21-27-38(28-22-34)52-47-17-9-5-13-41(47)42-14-6-10-18-48(42)52/h3-32H,1-2H3. The molecule has 3 heteroatoms. The maximum atomic E-state index is 2.52. The molecule has 0 atom stereocenters. The number of hydrogen-bond acceptors (Lipinski definition) is 0. The molecular weight excluding hydrogens is 657 g/mol. The van der Waals surface area contributed by atoms with Crippen molar-refractivity contribution in [2.75, 3.05) is 0 Å². The van der Waals surface area contributed by atoms with Crippen molar-refractivity contribution < 1.29 is 0 Å². The van der Waals surface area contributed by atoms with Crippen molar-refractivity contribution in [2.24, 2.45) is 0 Å². The highest BCUT2D eigenvalue weighted by atomic mass is 28.3. The van der Waals surface area contributed by atoms with Gasteiger partial charge in [0.15, 0.2) is 0 Å². The van der Waals surface area contributed by atoms with Crippen LogP contribution in [0.5, 0.6) is 0 Å². The molecule has 2 nitrogen and oxygen atoms in total. The zero-order valence-electron chi connectivity index (χ0n) is 29.7. The van der Waals surface area contributed by atoms with Crippen LogP contribution in [0.2, 0.25) is 13.1 Å². The molecule has 0 radical (unpaired) electrons. The number of rotatable bonds is 4. The lowest BCUT2D eigenvalue weighted by Gasteiger charge is -2.20. The second-order valence-corrected chi connectivity index (χ2v) is 19.3. The van der Waals surface area contributed by atoms with Crippen molar-refractivity contribution >= 4 is 62.1 Å². The fraction of sp³-hybridized carbons (Fsp3) is 0.0400. The Kier molecular flexibility index (Phi) is 6.44. The largest absolute Gasteiger partial charge is 0.309 e. The highest BCUT2D eigenvalue weighted by Gasteiger charge is 2.37. The first-order valence-corrected chi connectivity index (χ1v) is 21.5. The predicted octanol–water partition coefficient (Wildman–Crippen LogP) is 12.0. The summed E-state index contributed by atoms with van der Waals surface area (Å²) in [5, 5.41) is 8.20. The summed E-state index contributed by atoms with van der Waals surface area (Å²) in [5.74, 6) is 0. The van der Waals surface area contributed by atoms with Crippen LogP contribution >= 0.6 is 0 Å². The van der Waals surface area contributed by atoms with Gasteiger partial charge in [0.2, 0.25) is 0 Å². The smallest absolute Gasteiger partial charge is 0.113 e. The van der Waals surface area contributed by atoms with E-state index in [1.165, 1.54) is 98.7 Å². The summed E-state index contributed by atoms with van der Waals surface area (Å²) in [6.07, 6.45) is 0. The van der Waals surface area contributed by atoms with Crippen LogP contribution < -0.4 is 10.4 Å². The van der Waals surface area contributed by atoms with Crippen molar-refractivity contribution in [3.05, 3.63) is 182 Å². The fourth-order valence-corrected chi connectivity index (χ4v) is 12.2. The third-order valence-electron chi connectivity index (χ3n) is 11.8. The monoisotopic (exact) mass is 692 g/mol. The summed E-state index contributed by atoms with van der Waals surface area (Å²) < 4.78 is 4.78. The molecule has 0 N–H and O–H groups in total. The summed E-state index contributed by atoms with van der Waals surface area (Å²) in [4.78, 5) is 0. The molecule has 53 heavy (non-hydrogen) atoms.